The van der Waals surface area contributed by atoms with E-state index in [-0.39, 0.29) is 11.4 Å². The summed E-state index contributed by atoms with van der Waals surface area (Å²) in [5, 5.41) is 0. The monoisotopic (exact) mass is 273 g/mol. The molecule has 3 heteroatoms. The van der Waals surface area contributed by atoms with Gasteiger partial charge < -0.3 is 0 Å². The van der Waals surface area contributed by atoms with Crippen LogP contribution in [0.15, 0.2) is 22.7 Å². The van der Waals surface area contributed by atoms with Gasteiger partial charge >= 0.3 is 0 Å². The highest BCUT2D eigenvalue weighted by atomic mass is 79.9. The third kappa shape index (κ3) is 3.28. The highest BCUT2D eigenvalue weighted by Gasteiger charge is 2.18. The number of hydrogen-bond donors (Lipinski definition) is 0. The first-order valence-corrected chi connectivity index (χ1v) is 5.76. The molecule has 0 N–H and O–H groups in total. The van der Waals surface area contributed by atoms with Gasteiger partial charge in [0.1, 0.15) is 5.82 Å². The highest BCUT2D eigenvalue weighted by Crippen LogP contribution is 2.23. The maximum Gasteiger partial charge on any atom is 0.137 e. The van der Waals surface area contributed by atoms with Crippen molar-refractivity contribution in [2.45, 2.75) is 32.9 Å². The molecule has 0 radical (unpaired) electrons. The van der Waals surface area contributed by atoms with Gasteiger partial charge in [-0.3, -0.25) is 4.90 Å². The van der Waals surface area contributed by atoms with Gasteiger partial charge in [0, 0.05) is 12.1 Å². The lowest BCUT2D eigenvalue weighted by Gasteiger charge is -2.32. The van der Waals surface area contributed by atoms with Crippen molar-refractivity contribution in [1.82, 2.24) is 4.90 Å². The van der Waals surface area contributed by atoms with Crippen molar-refractivity contribution in [3.63, 3.8) is 0 Å². The number of benzene rings is 1. The zero-order chi connectivity index (χ0) is 11.6. The standard InChI is InChI=1S/C12H17BrFN/c1-12(2,3)15(4)8-9-6-5-7-10(14)11(9)13/h5-7H,8H2,1-4H3. The van der Waals surface area contributed by atoms with Gasteiger partial charge in [-0.2, -0.15) is 0 Å². The summed E-state index contributed by atoms with van der Waals surface area (Å²) in [6, 6.07) is 5.14. The fourth-order valence-corrected chi connectivity index (χ4v) is 1.55. The van der Waals surface area contributed by atoms with Gasteiger partial charge in [-0.15, -0.1) is 0 Å². The molecule has 0 unspecified atom stereocenters. The van der Waals surface area contributed by atoms with E-state index in [1.807, 2.05) is 13.1 Å². The average Bonchev–Trinajstić information content (AvgIpc) is 2.11. The van der Waals surface area contributed by atoms with E-state index in [2.05, 4.69) is 41.6 Å². The maximum atomic E-state index is 13.3. The first kappa shape index (κ1) is 12.7. The van der Waals surface area contributed by atoms with Crippen LogP contribution in [0.5, 0.6) is 0 Å². The van der Waals surface area contributed by atoms with E-state index in [1.165, 1.54) is 6.07 Å². The Morgan fingerprint density at radius 1 is 1.33 bits per heavy atom. The summed E-state index contributed by atoms with van der Waals surface area (Å²) in [7, 11) is 2.04. The Morgan fingerprint density at radius 2 is 1.93 bits per heavy atom. The molecule has 0 saturated carbocycles. The molecular weight excluding hydrogens is 257 g/mol. The molecule has 0 spiro atoms. The molecule has 0 aromatic heterocycles. The molecule has 1 aromatic carbocycles. The van der Waals surface area contributed by atoms with Gasteiger partial charge in [0.05, 0.1) is 4.47 Å². The molecule has 15 heavy (non-hydrogen) atoms. The lowest BCUT2D eigenvalue weighted by molar-refractivity contribution is 0.167. The average molecular weight is 274 g/mol. The topological polar surface area (TPSA) is 3.24 Å². The van der Waals surface area contributed by atoms with E-state index >= 15 is 0 Å². The largest absolute Gasteiger partial charge is 0.297 e. The van der Waals surface area contributed by atoms with E-state index < -0.39 is 0 Å². The molecule has 0 aliphatic heterocycles. The van der Waals surface area contributed by atoms with Gasteiger partial charge in [0.2, 0.25) is 0 Å². The van der Waals surface area contributed by atoms with Crippen LogP contribution in [0.2, 0.25) is 0 Å². The second-order valence-corrected chi connectivity index (χ2v) is 5.53. The van der Waals surface area contributed by atoms with Gasteiger partial charge in [0.15, 0.2) is 0 Å². The smallest absolute Gasteiger partial charge is 0.137 e. The van der Waals surface area contributed by atoms with Crippen molar-refractivity contribution in [2.75, 3.05) is 7.05 Å². The van der Waals surface area contributed by atoms with Crippen LogP contribution in [-0.2, 0) is 6.54 Å². The van der Waals surface area contributed by atoms with Crippen LogP contribution in [0, 0.1) is 5.82 Å². The molecule has 0 atom stereocenters. The number of nitrogens with zero attached hydrogens (tertiary/aromatic N) is 1. The number of halogens is 2. The van der Waals surface area contributed by atoms with Crippen molar-refractivity contribution in [3.8, 4) is 0 Å². The summed E-state index contributed by atoms with van der Waals surface area (Å²) in [5.41, 5.74) is 1.07. The van der Waals surface area contributed by atoms with Crippen molar-refractivity contribution in [3.05, 3.63) is 34.1 Å². The first-order chi connectivity index (χ1) is 6.82. The van der Waals surface area contributed by atoms with Crippen LogP contribution in [0.3, 0.4) is 0 Å². The van der Waals surface area contributed by atoms with Crippen molar-refractivity contribution >= 4 is 15.9 Å². The van der Waals surface area contributed by atoms with Crippen LogP contribution in [0.25, 0.3) is 0 Å². The highest BCUT2D eigenvalue weighted by molar-refractivity contribution is 9.10. The van der Waals surface area contributed by atoms with Crippen LogP contribution >= 0.6 is 15.9 Å². The summed E-state index contributed by atoms with van der Waals surface area (Å²) >= 11 is 3.27. The molecule has 0 bridgehead atoms. The molecule has 0 fully saturated rings. The Hall–Kier alpha value is -0.410. The normalized spacial score (nSPS) is 12.2. The Labute approximate surface area is 99.4 Å². The maximum absolute atomic E-state index is 13.3. The molecule has 0 heterocycles. The summed E-state index contributed by atoms with van der Waals surface area (Å²) in [6.45, 7) is 7.16. The minimum absolute atomic E-state index is 0.0890. The molecule has 0 aliphatic carbocycles. The Bertz CT molecular complexity index is 344. The lowest BCUT2D eigenvalue weighted by atomic mass is 10.1. The molecular formula is C12H17BrFN. The predicted octanol–water partition coefficient (Wildman–Crippen LogP) is 3.82. The zero-order valence-electron chi connectivity index (χ0n) is 9.64. The summed E-state index contributed by atoms with van der Waals surface area (Å²) in [4.78, 5) is 2.19. The summed E-state index contributed by atoms with van der Waals surface area (Å²) in [5.74, 6) is -0.199. The van der Waals surface area contributed by atoms with Crippen molar-refractivity contribution < 1.29 is 4.39 Å². The Balaban J connectivity index is 2.86. The molecule has 1 rings (SSSR count). The molecule has 0 aliphatic rings. The van der Waals surface area contributed by atoms with Crippen LogP contribution in [-0.4, -0.2) is 17.5 Å². The molecule has 0 saturated heterocycles. The van der Waals surface area contributed by atoms with Gasteiger partial charge in [0.25, 0.3) is 0 Å². The number of rotatable bonds is 2. The van der Waals surface area contributed by atoms with Crippen molar-refractivity contribution in [1.29, 1.82) is 0 Å². The Morgan fingerprint density at radius 3 is 2.47 bits per heavy atom. The van der Waals surface area contributed by atoms with Gasteiger partial charge in [-0.05, 0) is 55.4 Å². The predicted molar refractivity (Wildman–Crippen MR) is 65.3 cm³/mol. The summed E-state index contributed by atoms with van der Waals surface area (Å²) < 4.78 is 13.8. The molecule has 1 aromatic rings. The lowest BCUT2D eigenvalue weighted by Crippen LogP contribution is -2.37. The molecule has 1 nitrogen and oxygen atoms in total. The fraction of sp³-hybridized carbons (Fsp3) is 0.500. The SMILES string of the molecule is CN(Cc1cccc(F)c1Br)C(C)(C)C. The van der Waals surface area contributed by atoms with Gasteiger partial charge in [-0.25, -0.2) is 4.39 Å². The third-order valence-corrected chi connectivity index (χ3v) is 3.47. The van der Waals surface area contributed by atoms with E-state index in [1.54, 1.807) is 6.07 Å². The Kier molecular flexibility index (Phi) is 3.90. The fourth-order valence-electron chi connectivity index (χ4n) is 1.16. The molecule has 0 amide bonds. The van der Waals surface area contributed by atoms with Crippen LogP contribution in [0.4, 0.5) is 4.39 Å². The van der Waals surface area contributed by atoms with E-state index in [0.717, 1.165) is 12.1 Å². The van der Waals surface area contributed by atoms with Crippen LogP contribution < -0.4 is 0 Å². The van der Waals surface area contributed by atoms with E-state index in [0.29, 0.717) is 4.47 Å². The quantitative estimate of drug-likeness (QED) is 0.792. The second-order valence-electron chi connectivity index (χ2n) is 4.74. The van der Waals surface area contributed by atoms with E-state index in [4.69, 9.17) is 0 Å². The molecule has 84 valence electrons. The minimum atomic E-state index is -0.199. The number of hydrogen-bond acceptors (Lipinski definition) is 1. The zero-order valence-corrected chi connectivity index (χ0v) is 11.2. The van der Waals surface area contributed by atoms with Gasteiger partial charge in [-0.1, -0.05) is 12.1 Å². The summed E-state index contributed by atoms with van der Waals surface area (Å²) in [6.07, 6.45) is 0. The third-order valence-electron chi connectivity index (χ3n) is 2.58. The van der Waals surface area contributed by atoms with Crippen molar-refractivity contribution in [2.24, 2.45) is 0 Å². The van der Waals surface area contributed by atoms with Crippen LogP contribution in [0.1, 0.15) is 26.3 Å². The van der Waals surface area contributed by atoms with E-state index in [9.17, 15) is 4.39 Å². The second kappa shape index (κ2) is 4.62. The minimum Gasteiger partial charge on any atom is -0.297 e. The first-order valence-electron chi connectivity index (χ1n) is 4.96.